The number of hydrogen-bond donors (Lipinski definition) is 0. The molecule has 4 heteroatoms. The summed E-state index contributed by atoms with van der Waals surface area (Å²) in [6.07, 6.45) is 2.60. The van der Waals surface area contributed by atoms with Crippen molar-refractivity contribution in [1.82, 2.24) is 4.90 Å². The first kappa shape index (κ1) is 13.0. The lowest BCUT2D eigenvalue weighted by atomic mass is 10.1. The van der Waals surface area contributed by atoms with E-state index in [9.17, 15) is 4.79 Å². The molecular weight excluding hydrogens is 204 g/mol. The molecule has 90 valence electrons. The Morgan fingerprint density at radius 3 is 2.94 bits per heavy atom. The van der Waals surface area contributed by atoms with Gasteiger partial charge in [0.25, 0.3) is 0 Å². The molecule has 1 saturated heterocycles. The summed E-state index contributed by atoms with van der Waals surface area (Å²) in [5.74, 6) is 0.00453. The summed E-state index contributed by atoms with van der Waals surface area (Å²) < 4.78 is 5.44. The molecular formula is C12H20N2O2. The van der Waals surface area contributed by atoms with Crippen molar-refractivity contribution in [3.05, 3.63) is 0 Å². The smallest absolute Gasteiger partial charge is 0.225 e. The largest absolute Gasteiger partial charge is 0.378 e. The van der Waals surface area contributed by atoms with E-state index in [-0.39, 0.29) is 17.9 Å². The molecule has 0 spiro atoms. The Hall–Kier alpha value is -1.08. The first-order valence-corrected chi connectivity index (χ1v) is 5.96. The van der Waals surface area contributed by atoms with Gasteiger partial charge in [0.1, 0.15) is 0 Å². The molecule has 4 nitrogen and oxygen atoms in total. The predicted molar refractivity (Wildman–Crippen MR) is 60.6 cm³/mol. The minimum atomic E-state index is -0.103. The maximum atomic E-state index is 11.9. The van der Waals surface area contributed by atoms with E-state index in [1.165, 1.54) is 0 Å². The van der Waals surface area contributed by atoms with Gasteiger partial charge in [-0.15, -0.1) is 0 Å². The SMILES string of the molecule is CCN(CC(C)C#N)C(=O)CC1CCCO1. The minimum absolute atomic E-state index is 0.0962. The van der Waals surface area contributed by atoms with Crippen molar-refractivity contribution in [3.63, 3.8) is 0 Å². The van der Waals surface area contributed by atoms with Gasteiger partial charge in [-0.1, -0.05) is 0 Å². The predicted octanol–water partition coefficient (Wildman–Crippen LogP) is 1.56. The van der Waals surface area contributed by atoms with E-state index in [4.69, 9.17) is 10.00 Å². The average Bonchev–Trinajstić information content (AvgIpc) is 2.77. The van der Waals surface area contributed by atoms with Gasteiger partial charge in [-0.2, -0.15) is 5.26 Å². The lowest BCUT2D eigenvalue weighted by Crippen LogP contribution is -2.36. The molecule has 1 fully saturated rings. The summed E-state index contributed by atoms with van der Waals surface area (Å²) in [6.45, 7) is 5.74. The molecule has 1 amide bonds. The van der Waals surface area contributed by atoms with Crippen LogP contribution in [0.3, 0.4) is 0 Å². The Balaban J connectivity index is 2.39. The van der Waals surface area contributed by atoms with Crippen LogP contribution in [0.4, 0.5) is 0 Å². The van der Waals surface area contributed by atoms with Crippen molar-refractivity contribution in [1.29, 1.82) is 5.26 Å². The molecule has 16 heavy (non-hydrogen) atoms. The van der Waals surface area contributed by atoms with Crippen LogP contribution in [-0.4, -0.2) is 36.6 Å². The third-order valence-electron chi connectivity index (χ3n) is 2.88. The van der Waals surface area contributed by atoms with Crippen molar-refractivity contribution in [2.24, 2.45) is 5.92 Å². The molecule has 0 aromatic carbocycles. The van der Waals surface area contributed by atoms with Crippen LogP contribution in [0.25, 0.3) is 0 Å². The van der Waals surface area contributed by atoms with Crippen LogP contribution in [0.5, 0.6) is 0 Å². The van der Waals surface area contributed by atoms with Crippen LogP contribution in [0, 0.1) is 17.2 Å². The fourth-order valence-corrected chi connectivity index (χ4v) is 1.91. The lowest BCUT2D eigenvalue weighted by Gasteiger charge is -2.23. The van der Waals surface area contributed by atoms with Gasteiger partial charge >= 0.3 is 0 Å². The van der Waals surface area contributed by atoms with Gasteiger partial charge in [0, 0.05) is 19.7 Å². The standard InChI is InChI=1S/C12H20N2O2/c1-3-14(9-10(2)8-13)12(15)7-11-5-4-6-16-11/h10-11H,3-7,9H2,1-2H3. The Labute approximate surface area is 97.2 Å². The molecule has 1 aliphatic heterocycles. The Bertz CT molecular complexity index is 267. The number of nitriles is 1. The summed E-state index contributed by atoms with van der Waals surface area (Å²) in [5.41, 5.74) is 0. The molecule has 1 heterocycles. The van der Waals surface area contributed by atoms with Crippen molar-refractivity contribution in [3.8, 4) is 6.07 Å². The first-order chi connectivity index (χ1) is 7.67. The molecule has 1 rings (SSSR count). The highest BCUT2D eigenvalue weighted by Gasteiger charge is 2.22. The van der Waals surface area contributed by atoms with Crippen LogP contribution >= 0.6 is 0 Å². The molecule has 0 bridgehead atoms. The van der Waals surface area contributed by atoms with E-state index in [0.29, 0.717) is 19.5 Å². The fourth-order valence-electron chi connectivity index (χ4n) is 1.91. The van der Waals surface area contributed by atoms with Gasteiger partial charge in [0.05, 0.1) is 24.5 Å². The van der Waals surface area contributed by atoms with Gasteiger partial charge in [0.2, 0.25) is 5.91 Å². The van der Waals surface area contributed by atoms with Crippen LogP contribution in [0.2, 0.25) is 0 Å². The first-order valence-electron chi connectivity index (χ1n) is 5.96. The average molecular weight is 224 g/mol. The van der Waals surface area contributed by atoms with Crippen LogP contribution in [0.1, 0.15) is 33.1 Å². The lowest BCUT2D eigenvalue weighted by molar-refractivity contribution is -0.133. The number of nitrogens with zero attached hydrogens (tertiary/aromatic N) is 2. The molecule has 0 aliphatic carbocycles. The number of hydrogen-bond acceptors (Lipinski definition) is 3. The van der Waals surface area contributed by atoms with E-state index in [1.807, 2.05) is 13.8 Å². The monoisotopic (exact) mass is 224 g/mol. The van der Waals surface area contributed by atoms with Crippen molar-refractivity contribution >= 4 is 5.91 Å². The summed E-state index contributed by atoms with van der Waals surface area (Å²) in [7, 11) is 0. The van der Waals surface area contributed by atoms with E-state index < -0.39 is 0 Å². The molecule has 1 aliphatic rings. The van der Waals surface area contributed by atoms with Crippen LogP contribution < -0.4 is 0 Å². The maximum absolute atomic E-state index is 11.9. The summed E-state index contributed by atoms with van der Waals surface area (Å²) >= 11 is 0. The summed E-state index contributed by atoms with van der Waals surface area (Å²) in [6, 6.07) is 2.15. The normalized spacial score (nSPS) is 21.4. The number of carbonyl (C=O) groups is 1. The number of ether oxygens (including phenoxy) is 1. The fraction of sp³-hybridized carbons (Fsp3) is 0.833. The molecule has 0 radical (unpaired) electrons. The Morgan fingerprint density at radius 2 is 2.44 bits per heavy atom. The van der Waals surface area contributed by atoms with Crippen LogP contribution in [0.15, 0.2) is 0 Å². The van der Waals surface area contributed by atoms with Gasteiger partial charge < -0.3 is 9.64 Å². The van der Waals surface area contributed by atoms with E-state index in [1.54, 1.807) is 4.90 Å². The number of rotatable bonds is 5. The molecule has 0 aromatic rings. The Kier molecular flexibility index (Phi) is 5.27. The summed E-state index contributed by atoms with van der Waals surface area (Å²) in [5, 5.41) is 8.73. The second-order valence-corrected chi connectivity index (χ2v) is 4.30. The highest BCUT2D eigenvalue weighted by molar-refractivity contribution is 5.76. The molecule has 0 aromatic heterocycles. The van der Waals surface area contributed by atoms with Gasteiger partial charge in [-0.25, -0.2) is 0 Å². The maximum Gasteiger partial charge on any atom is 0.225 e. The molecule has 2 atom stereocenters. The van der Waals surface area contributed by atoms with Gasteiger partial charge in [-0.05, 0) is 26.7 Å². The second kappa shape index (κ2) is 6.49. The highest BCUT2D eigenvalue weighted by atomic mass is 16.5. The Morgan fingerprint density at radius 1 is 1.69 bits per heavy atom. The quantitative estimate of drug-likeness (QED) is 0.712. The van der Waals surface area contributed by atoms with Gasteiger partial charge in [0.15, 0.2) is 0 Å². The van der Waals surface area contributed by atoms with E-state index in [0.717, 1.165) is 19.4 Å². The highest BCUT2D eigenvalue weighted by Crippen LogP contribution is 2.16. The van der Waals surface area contributed by atoms with Crippen molar-refractivity contribution in [2.75, 3.05) is 19.7 Å². The topological polar surface area (TPSA) is 53.3 Å². The van der Waals surface area contributed by atoms with Crippen molar-refractivity contribution < 1.29 is 9.53 Å². The molecule has 2 unspecified atom stereocenters. The summed E-state index contributed by atoms with van der Waals surface area (Å²) in [4.78, 5) is 13.7. The second-order valence-electron chi connectivity index (χ2n) is 4.30. The number of amides is 1. The van der Waals surface area contributed by atoms with E-state index >= 15 is 0 Å². The zero-order valence-corrected chi connectivity index (χ0v) is 10.1. The number of carbonyl (C=O) groups excluding carboxylic acids is 1. The molecule has 0 N–H and O–H groups in total. The minimum Gasteiger partial charge on any atom is -0.378 e. The third kappa shape index (κ3) is 3.82. The van der Waals surface area contributed by atoms with Gasteiger partial charge in [-0.3, -0.25) is 4.79 Å². The molecule has 0 saturated carbocycles. The van der Waals surface area contributed by atoms with Crippen LogP contribution in [-0.2, 0) is 9.53 Å². The van der Waals surface area contributed by atoms with E-state index in [2.05, 4.69) is 6.07 Å². The zero-order chi connectivity index (χ0) is 12.0. The third-order valence-corrected chi connectivity index (χ3v) is 2.88. The zero-order valence-electron chi connectivity index (χ0n) is 10.1. The van der Waals surface area contributed by atoms with Crippen molar-refractivity contribution in [2.45, 2.75) is 39.2 Å².